The van der Waals surface area contributed by atoms with Crippen LogP contribution in [0.5, 0.6) is 11.5 Å². The average molecular weight is 457 g/mol. The fourth-order valence-corrected chi connectivity index (χ4v) is 3.51. The van der Waals surface area contributed by atoms with E-state index in [1.54, 1.807) is 0 Å². The number of alkyl halides is 3. The lowest BCUT2D eigenvalue weighted by atomic mass is 10.1. The van der Waals surface area contributed by atoms with Crippen molar-refractivity contribution in [2.45, 2.75) is 24.3 Å². The Kier molecular flexibility index (Phi) is 7.07. The lowest BCUT2D eigenvalue weighted by Crippen LogP contribution is -2.24. The molecular weight excluding hydrogens is 442 g/mol. The second kappa shape index (κ2) is 9.18. The summed E-state index contributed by atoms with van der Waals surface area (Å²) in [5.41, 5.74) is -6.18. The Morgan fingerprint density at radius 1 is 1.23 bits per heavy atom. The van der Waals surface area contributed by atoms with E-state index >= 15 is 0 Å². The van der Waals surface area contributed by atoms with E-state index in [2.05, 4.69) is 9.58 Å². The highest BCUT2D eigenvalue weighted by Gasteiger charge is 2.48. The first kappa shape index (κ1) is 23.9. The van der Waals surface area contributed by atoms with Crippen LogP contribution in [0.25, 0.3) is 10.9 Å². The summed E-state index contributed by atoms with van der Waals surface area (Å²) in [4.78, 5) is 13.6. The Hall–Kier alpha value is -3.39. The Morgan fingerprint density at radius 2 is 1.90 bits per heavy atom. The second-order valence-electron chi connectivity index (χ2n) is 5.99. The van der Waals surface area contributed by atoms with Crippen molar-refractivity contribution >= 4 is 27.6 Å². The van der Waals surface area contributed by atoms with Crippen LogP contribution in [0.2, 0.25) is 0 Å². The summed E-state index contributed by atoms with van der Waals surface area (Å²) in [5, 5.41) is 0. The van der Waals surface area contributed by atoms with Gasteiger partial charge in [-0.05, 0) is 44.2 Å². The second-order valence-corrected chi connectivity index (χ2v) is 7.90. The minimum atomic E-state index is -5.76. The maximum Gasteiger partial charge on any atom is 0.501 e. The highest BCUT2D eigenvalue weighted by molar-refractivity contribution is 7.92. The van der Waals surface area contributed by atoms with Gasteiger partial charge in [-0.3, -0.25) is 0 Å². The Labute approximate surface area is 175 Å². The van der Waals surface area contributed by atoms with Crippen LogP contribution in [0.3, 0.4) is 0 Å². The van der Waals surface area contributed by atoms with E-state index in [1.807, 2.05) is 0 Å². The predicted molar refractivity (Wildman–Crippen MR) is 103 cm³/mol. The van der Waals surface area contributed by atoms with Crippen molar-refractivity contribution in [2.75, 3.05) is 6.61 Å². The van der Waals surface area contributed by atoms with Gasteiger partial charge in [0.2, 0.25) is 0 Å². The van der Waals surface area contributed by atoms with Crippen molar-refractivity contribution in [1.29, 1.82) is 0 Å². The summed E-state index contributed by atoms with van der Waals surface area (Å²) >= 11 is 0. The maximum absolute atomic E-state index is 13.6. The van der Waals surface area contributed by atoms with Crippen molar-refractivity contribution in [1.82, 2.24) is 0 Å². The summed E-state index contributed by atoms with van der Waals surface area (Å²) in [6.45, 7) is 9.74. The number of benzene rings is 2. The molecule has 0 atom stereocenters. The largest absolute Gasteiger partial charge is 0.501 e. The molecule has 0 fully saturated rings. The molecule has 0 unspecified atom stereocenters. The van der Waals surface area contributed by atoms with Gasteiger partial charge in [0.25, 0.3) is 9.84 Å². The van der Waals surface area contributed by atoms with Crippen LogP contribution in [-0.2, 0) is 19.4 Å². The molecule has 0 amide bonds. The molecule has 2 aromatic rings. The molecule has 31 heavy (non-hydrogen) atoms. The van der Waals surface area contributed by atoms with Crippen molar-refractivity contribution in [3.05, 3.63) is 64.8 Å². The van der Waals surface area contributed by atoms with E-state index < -0.39 is 37.6 Å². The SMILES string of the molecule is [C-]#[N+]c1cc(F)cc(Oc2ccc(S(=O)(=O)C(F)(F)F)c(/C=C/C(=O)OCC)c2C)c1. The van der Waals surface area contributed by atoms with Gasteiger partial charge in [0.1, 0.15) is 17.3 Å². The number of esters is 1. The third-order valence-electron chi connectivity index (χ3n) is 3.91. The number of sulfone groups is 1. The first-order valence-corrected chi connectivity index (χ1v) is 10.0. The van der Waals surface area contributed by atoms with E-state index in [4.69, 9.17) is 11.3 Å². The van der Waals surface area contributed by atoms with Crippen molar-refractivity contribution < 1.29 is 40.2 Å². The zero-order valence-corrected chi connectivity index (χ0v) is 17.0. The minimum absolute atomic E-state index is 0.00196. The molecule has 0 aromatic heterocycles. The standard InChI is InChI=1S/C20H15F4NO5S/c1-4-29-19(26)8-5-16-12(2)17(6-7-18(16)31(27,28)20(22,23)24)30-15-10-13(21)9-14(11-15)25-3/h5-11H,4H2,1-2H3/b8-5+. The first-order valence-electron chi connectivity index (χ1n) is 8.56. The van der Waals surface area contributed by atoms with E-state index in [0.29, 0.717) is 6.07 Å². The van der Waals surface area contributed by atoms with Crippen molar-refractivity contribution in [2.24, 2.45) is 0 Å². The summed E-state index contributed by atoms with van der Waals surface area (Å²) in [7, 11) is -5.76. The van der Waals surface area contributed by atoms with Crippen LogP contribution in [0.15, 0.2) is 41.3 Å². The van der Waals surface area contributed by atoms with E-state index in [9.17, 15) is 30.8 Å². The molecule has 0 aliphatic heterocycles. The fourth-order valence-electron chi connectivity index (χ4n) is 2.50. The molecule has 6 nitrogen and oxygen atoms in total. The van der Waals surface area contributed by atoms with Crippen molar-refractivity contribution in [3.63, 3.8) is 0 Å². The maximum atomic E-state index is 13.6. The molecule has 11 heteroatoms. The lowest BCUT2D eigenvalue weighted by Gasteiger charge is -2.16. The van der Waals surface area contributed by atoms with Gasteiger partial charge in [-0.25, -0.2) is 22.4 Å². The van der Waals surface area contributed by atoms with Crippen molar-refractivity contribution in [3.8, 4) is 11.5 Å². The minimum Gasteiger partial charge on any atom is -0.463 e. The molecule has 0 aliphatic carbocycles. The van der Waals surface area contributed by atoms with Crippen LogP contribution >= 0.6 is 0 Å². The number of halogens is 4. The number of hydrogen-bond donors (Lipinski definition) is 0. The predicted octanol–water partition coefficient (Wildman–Crippen LogP) is 5.35. The topological polar surface area (TPSA) is 74.0 Å². The molecule has 0 aliphatic rings. The molecule has 2 rings (SSSR count). The van der Waals surface area contributed by atoms with Gasteiger partial charge in [0.15, 0.2) is 5.69 Å². The summed E-state index contributed by atoms with van der Waals surface area (Å²) in [6.07, 6.45) is 1.65. The Morgan fingerprint density at radius 3 is 2.48 bits per heavy atom. The van der Waals surface area contributed by atoms with Crippen LogP contribution < -0.4 is 4.74 Å². The molecule has 2 aromatic carbocycles. The van der Waals surface area contributed by atoms with Gasteiger partial charge in [-0.15, -0.1) is 0 Å². The normalized spacial score (nSPS) is 11.9. The Bertz CT molecular complexity index is 1180. The molecule has 0 bridgehead atoms. The fraction of sp³-hybridized carbons (Fsp3) is 0.200. The summed E-state index contributed by atoms with van der Waals surface area (Å²) < 4.78 is 87.1. The first-order chi connectivity index (χ1) is 14.4. The molecule has 0 saturated carbocycles. The average Bonchev–Trinajstić information content (AvgIpc) is 2.67. The monoisotopic (exact) mass is 457 g/mol. The van der Waals surface area contributed by atoms with E-state index in [1.165, 1.54) is 19.9 Å². The Balaban J connectivity index is 2.64. The molecule has 0 saturated heterocycles. The molecule has 0 N–H and O–H groups in total. The van der Waals surface area contributed by atoms with Gasteiger partial charge in [0.05, 0.1) is 18.1 Å². The van der Waals surface area contributed by atoms with Gasteiger partial charge < -0.3 is 9.47 Å². The third kappa shape index (κ3) is 5.40. The number of ether oxygens (including phenoxy) is 2. The number of nitrogens with zero attached hydrogens (tertiary/aromatic N) is 1. The molecular formula is C20H15F4NO5S. The summed E-state index contributed by atoms with van der Waals surface area (Å²) in [6, 6.07) is 4.75. The number of carbonyl (C=O) groups is 1. The van der Waals surface area contributed by atoms with Gasteiger partial charge >= 0.3 is 11.5 Å². The van der Waals surface area contributed by atoms with Crippen LogP contribution in [-0.4, -0.2) is 26.5 Å². The van der Waals surface area contributed by atoms with Crippen LogP contribution in [0, 0.1) is 19.3 Å². The molecule has 0 radical (unpaired) electrons. The van der Waals surface area contributed by atoms with Gasteiger partial charge in [0, 0.05) is 23.3 Å². The zero-order chi connectivity index (χ0) is 23.4. The third-order valence-corrected chi connectivity index (χ3v) is 5.45. The highest BCUT2D eigenvalue weighted by Crippen LogP contribution is 2.38. The number of hydrogen-bond acceptors (Lipinski definition) is 5. The molecule has 164 valence electrons. The van der Waals surface area contributed by atoms with E-state index in [0.717, 1.165) is 30.4 Å². The summed E-state index contributed by atoms with van der Waals surface area (Å²) in [5.74, 6) is -1.90. The number of rotatable bonds is 6. The zero-order valence-electron chi connectivity index (χ0n) is 16.2. The highest BCUT2D eigenvalue weighted by atomic mass is 32.2. The quantitative estimate of drug-likeness (QED) is 0.253. The number of carbonyl (C=O) groups excluding carboxylic acids is 1. The van der Waals surface area contributed by atoms with Gasteiger partial charge in [-0.1, -0.05) is 0 Å². The van der Waals surface area contributed by atoms with Crippen LogP contribution in [0.4, 0.5) is 23.2 Å². The van der Waals surface area contributed by atoms with Crippen LogP contribution in [0.1, 0.15) is 18.1 Å². The molecule has 0 heterocycles. The lowest BCUT2D eigenvalue weighted by molar-refractivity contribution is -0.137. The van der Waals surface area contributed by atoms with E-state index in [-0.39, 0.29) is 29.4 Å². The smallest absolute Gasteiger partial charge is 0.463 e. The van der Waals surface area contributed by atoms with Gasteiger partial charge in [-0.2, -0.15) is 13.2 Å². The molecule has 0 spiro atoms.